The van der Waals surface area contributed by atoms with Gasteiger partial charge in [0.15, 0.2) is 5.11 Å². The zero-order chi connectivity index (χ0) is 18.4. The van der Waals surface area contributed by atoms with Gasteiger partial charge in [-0.3, -0.25) is 0 Å². The van der Waals surface area contributed by atoms with Crippen LogP contribution in [-0.4, -0.2) is 58.7 Å². The summed E-state index contributed by atoms with van der Waals surface area (Å²) in [5.41, 5.74) is 4.18. The number of halogens is 1. The fraction of sp³-hybridized carbons (Fsp3) is 0.550. The highest BCUT2D eigenvalue weighted by Crippen LogP contribution is 2.45. The lowest BCUT2D eigenvalue weighted by molar-refractivity contribution is 0.133. The molecule has 1 aliphatic heterocycles. The smallest absolute Gasteiger partial charge is 0.169 e. The summed E-state index contributed by atoms with van der Waals surface area (Å²) in [6.07, 6.45) is 2.24. The second-order valence-electron chi connectivity index (χ2n) is 7.56. The van der Waals surface area contributed by atoms with Gasteiger partial charge in [0, 0.05) is 48.5 Å². The van der Waals surface area contributed by atoms with Gasteiger partial charge < -0.3 is 20.1 Å². The van der Waals surface area contributed by atoms with Gasteiger partial charge in [-0.25, -0.2) is 0 Å². The third-order valence-electron chi connectivity index (χ3n) is 6.18. The number of aromatic amines is 1. The van der Waals surface area contributed by atoms with Crippen LogP contribution in [0.5, 0.6) is 0 Å². The van der Waals surface area contributed by atoms with Crippen molar-refractivity contribution in [3.63, 3.8) is 0 Å². The number of hydrogen-bond donors (Lipinski definition) is 2. The molecule has 2 heterocycles. The van der Waals surface area contributed by atoms with E-state index in [4.69, 9.17) is 12.2 Å². The van der Waals surface area contributed by atoms with E-state index in [9.17, 15) is 0 Å². The number of likely N-dealkylation sites (N-methyl/N-ethyl adjacent to an activating group) is 1. The Balaban J connectivity index is 1.63. The number of thiocarbonyl (C=S) groups is 1. The maximum atomic E-state index is 5.66. The Kier molecular flexibility index (Phi) is 5.01. The van der Waals surface area contributed by atoms with Crippen molar-refractivity contribution < 1.29 is 0 Å². The second kappa shape index (κ2) is 7.13. The van der Waals surface area contributed by atoms with Crippen molar-refractivity contribution in [1.82, 2.24) is 20.1 Å². The Morgan fingerprint density at radius 3 is 2.88 bits per heavy atom. The number of hydrogen-bond acceptors (Lipinski definition) is 2. The molecule has 1 aliphatic carbocycles. The fourth-order valence-corrected chi connectivity index (χ4v) is 5.86. The van der Waals surface area contributed by atoms with Crippen molar-refractivity contribution in [1.29, 1.82) is 0 Å². The summed E-state index contributed by atoms with van der Waals surface area (Å²) in [6, 6.07) is 7.64. The van der Waals surface area contributed by atoms with Crippen LogP contribution in [0.1, 0.15) is 37.3 Å². The molecule has 2 aromatic rings. The summed E-state index contributed by atoms with van der Waals surface area (Å²) in [5, 5.41) is 5.97. The first-order valence-electron chi connectivity index (χ1n) is 9.58. The van der Waals surface area contributed by atoms with Gasteiger partial charge in [-0.2, -0.15) is 0 Å². The number of likely N-dealkylation sites (tertiary alicyclic amines) is 1. The fourth-order valence-electron chi connectivity index (χ4n) is 4.87. The lowest BCUT2D eigenvalue weighted by atomic mass is 9.74. The van der Waals surface area contributed by atoms with Gasteiger partial charge in [-0.15, -0.1) is 0 Å². The van der Waals surface area contributed by atoms with E-state index in [2.05, 4.69) is 75.1 Å². The molecule has 4 rings (SSSR count). The maximum Gasteiger partial charge on any atom is 0.169 e. The van der Waals surface area contributed by atoms with E-state index in [-0.39, 0.29) is 0 Å². The number of benzene rings is 1. The third-order valence-corrected chi connectivity index (χ3v) is 7.23. The predicted molar refractivity (Wildman–Crippen MR) is 116 cm³/mol. The summed E-state index contributed by atoms with van der Waals surface area (Å²) in [7, 11) is 2.26. The minimum Gasteiger partial charge on any atom is -0.359 e. The van der Waals surface area contributed by atoms with E-state index in [1.54, 1.807) is 0 Å². The van der Waals surface area contributed by atoms with Crippen molar-refractivity contribution in [2.75, 3.05) is 26.7 Å². The van der Waals surface area contributed by atoms with Gasteiger partial charge in [-0.1, -0.05) is 12.1 Å². The molecule has 0 bridgehead atoms. The highest BCUT2D eigenvalue weighted by atomic mass is 79.9. The zero-order valence-electron chi connectivity index (χ0n) is 15.7. The molecule has 26 heavy (non-hydrogen) atoms. The van der Waals surface area contributed by atoms with Crippen LogP contribution >= 0.6 is 28.1 Å². The van der Waals surface area contributed by atoms with Gasteiger partial charge in [0.2, 0.25) is 0 Å². The van der Waals surface area contributed by atoms with Crippen LogP contribution in [0.4, 0.5) is 0 Å². The number of piperidine rings is 1. The van der Waals surface area contributed by atoms with E-state index < -0.39 is 0 Å². The van der Waals surface area contributed by atoms with Crippen LogP contribution in [0.15, 0.2) is 22.8 Å². The molecule has 0 radical (unpaired) electrons. The zero-order valence-corrected chi connectivity index (χ0v) is 18.1. The van der Waals surface area contributed by atoms with E-state index >= 15 is 0 Å². The van der Waals surface area contributed by atoms with Crippen molar-refractivity contribution in [3.8, 4) is 0 Å². The highest BCUT2D eigenvalue weighted by Gasteiger charge is 2.40. The van der Waals surface area contributed by atoms with E-state index in [1.807, 2.05) is 0 Å². The molecular formula is C20H27BrN4S. The lowest BCUT2D eigenvalue weighted by Gasteiger charge is -2.46. The summed E-state index contributed by atoms with van der Waals surface area (Å²) < 4.78 is 1.15. The minimum absolute atomic E-state index is 0.397. The molecule has 1 fully saturated rings. The van der Waals surface area contributed by atoms with E-state index in [0.717, 1.165) is 42.2 Å². The van der Waals surface area contributed by atoms with Crippen LogP contribution in [0.25, 0.3) is 10.9 Å². The second-order valence-corrected chi connectivity index (χ2v) is 8.74. The summed E-state index contributed by atoms with van der Waals surface area (Å²) >= 11 is 9.40. The Morgan fingerprint density at radius 2 is 2.15 bits per heavy atom. The first kappa shape index (κ1) is 18.3. The lowest BCUT2D eigenvalue weighted by Crippen LogP contribution is -2.56. The monoisotopic (exact) mass is 434 g/mol. The van der Waals surface area contributed by atoms with Crippen LogP contribution in [0, 0.1) is 0 Å². The molecule has 4 nitrogen and oxygen atoms in total. The molecule has 0 spiro atoms. The Morgan fingerprint density at radius 1 is 1.38 bits per heavy atom. The average molecular weight is 435 g/mol. The summed E-state index contributed by atoms with van der Waals surface area (Å²) in [6.45, 7) is 7.27. The Bertz CT molecular complexity index is 829. The van der Waals surface area contributed by atoms with Gasteiger partial charge in [0.05, 0.1) is 4.60 Å². The number of nitrogens with one attached hydrogen (secondary N) is 2. The number of H-pyrrole nitrogens is 1. The normalized spacial score (nSPS) is 25.2. The molecule has 140 valence electrons. The van der Waals surface area contributed by atoms with E-state index in [1.165, 1.54) is 22.0 Å². The van der Waals surface area contributed by atoms with Crippen LogP contribution in [0.2, 0.25) is 0 Å². The van der Waals surface area contributed by atoms with Gasteiger partial charge >= 0.3 is 0 Å². The molecule has 1 saturated heterocycles. The molecule has 6 heteroatoms. The van der Waals surface area contributed by atoms with Crippen molar-refractivity contribution in [2.45, 2.75) is 44.7 Å². The molecule has 0 unspecified atom stereocenters. The van der Waals surface area contributed by atoms with Crippen LogP contribution < -0.4 is 5.32 Å². The van der Waals surface area contributed by atoms with Gasteiger partial charge in [0.1, 0.15) is 0 Å². The predicted octanol–water partition coefficient (Wildman–Crippen LogP) is 3.86. The Labute approximate surface area is 169 Å². The van der Waals surface area contributed by atoms with Crippen molar-refractivity contribution in [3.05, 3.63) is 33.9 Å². The molecule has 1 aromatic heterocycles. The average Bonchev–Trinajstić information content (AvgIpc) is 2.94. The molecule has 2 aliphatic rings. The molecule has 0 amide bonds. The molecular weight excluding hydrogens is 408 g/mol. The van der Waals surface area contributed by atoms with Gasteiger partial charge in [-0.05, 0) is 79.1 Å². The van der Waals surface area contributed by atoms with Crippen molar-refractivity contribution >= 4 is 44.2 Å². The SMILES string of the molecule is CCN(CC)C(=S)N[C@H]1C[C@@H]2c3cccc4[nH]c(Br)c(c34)C[C@H]2N(C)C1. The van der Waals surface area contributed by atoms with Gasteiger partial charge in [0.25, 0.3) is 0 Å². The highest BCUT2D eigenvalue weighted by molar-refractivity contribution is 9.10. The standard InChI is InChI=1S/C20H27BrN4S/c1-4-25(5-2)20(26)22-12-9-14-13-7-6-8-16-18(13)15(19(21)23-16)10-17(14)24(3)11-12/h6-8,12,14,17,23H,4-5,9-11H2,1-3H3,(H,22,26)/t12-,14+,17+/m0/s1. The molecule has 3 atom stereocenters. The third kappa shape index (κ3) is 2.96. The molecule has 1 aromatic carbocycles. The summed E-state index contributed by atoms with van der Waals surface area (Å²) in [4.78, 5) is 8.26. The Hall–Kier alpha value is -1.11. The van der Waals surface area contributed by atoms with Crippen molar-refractivity contribution in [2.24, 2.45) is 0 Å². The summed E-state index contributed by atoms with van der Waals surface area (Å²) in [5.74, 6) is 0.546. The number of nitrogens with zero attached hydrogens (tertiary/aromatic N) is 2. The number of aromatic nitrogens is 1. The van der Waals surface area contributed by atoms with Crippen LogP contribution in [-0.2, 0) is 6.42 Å². The first-order valence-corrected chi connectivity index (χ1v) is 10.8. The first-order chi connectivity index (χ1) is 12.5. The molecule has 2 N–H and O–H groups in total. The maximum absolute atomic E-state index is 5.66. The largest absolute Gasteiger partial charge is 0.359 e. The molecule has 0 saturated carbocycles. The quantitative estimate of drug-likeness (QED) is 0.718. The topological polar surface area (TPSA) is 34.3 Å². The number of fused-ring (bicyclic) bond motifs is 2. The van der Waals surface area contributed by atoms with E-state index in [0.29, 0.717) is 18.0 Å². The minimum atomic E-state index is 0.397. The van der Waals surface area contributed by atoms with Crippen LogP contribution in [0.3, 0.4) is 0 Å². The number of rotatable bonds is 3.